The minimum atomic E-state index is -2.94. The van der Waals surface area contributed by atoms with Crippen LogP contribution in [0.2, 0.25) is 5.04 Å². The summed E-state index contributed by atoms with van der Waals surface area (Å²) < 4.78 is 20.1. The van der Waals surface area contributed by atoms with Gasteiger partial charge in [0.2, 0.25) is 11.8 Å². The van der Waals surface area contributed by atoms with Crippen LogP contribution in [0, 0.1) is 17.8 Å². The smallest absolute Gasteiger partial charge is 0.261 e. The molecule has 3 aliphatic rings. The molecule has 0 bridgehead atoms. The highest BCUT2D eigenvalue weighted by Crippen LogP contribution is 2.51. The zero-order valence-corrected chi connectivity index (χ0v) is 36.1. The molecular formula is C51H56N2O6Si. The third-order valence-corrected chi connectivity index (χ3v) is 17.5. The normalized spacial score (nSPS) is 20.8. The number of ether oxygens (including phenoxy) is 1. The molecular weight excluding hydrogens is 765 g/mol. The van der Waals surface area contributed by atoms with Crippen LogP contribution in [-0.4, -0.2) is 44.6 Å². The molecule has 4 aromatic carbocycles. The predicted octanol–water partition coefficient (Wildman–Crippen LogP) is 9.58. The van der Waals surface area contributed by atoms with E-state index in [0.29, 0.717) is 31.1 Å². The second-order valence-corrected chi connectivity index (χ2v) is 21.7. The van der Waals surface area contributed by atoms with E-state index in [0.717, 1.165) is 54.0 Å². The number of nitrogens with zero attached hydrogens (tertiary/aromatic N) is 1. The van der Waals surface area contributed by atoms with Crippen LogP contribution in [-0.2, 0) is 25.4 Å². The number of hydrogen-bond acceptors (Lipinski definition) is 7. The Labute approximate surface area is 355 Å². The minimum absolute atomic E-state index is 0.140. The van der Waals surface area contributed by atoms with Gasteiger partial charge in [-0.3, -0.25) is 14.5 Å². The summed E-state index contributed by atoms with van der Waals surface area (Å²) >= 11 is 0. The van der Waals surface area contributed by atoms with Crippen LogP contribution < -0.4 is 20.6 Å². The molecule has 2 fully saturated rings. The molecule has 2 amide bonds. The molecule has 3 heterocycles. The van der Waals surface area contributed by atoms with E-state index in [2.05, 4.69) is 87.6 Å². The number of benzene rings is 4. The van der Waals surface area contributed by atoms with Gasteiger partial charge in [-0.05, 0) is 107 Å². The molecule has 2 saturated heterocycles. The Bertz CT molecular complexity index is 2290. The zero-order valence-electron chi connectivity index (χ0n) is 35.1. The standard InChI is InChI=1S/C51H56N2O6Si/c1-5-15-35(30-40-27-28-41(32-54)59-40)22-29-46-47-36(33-58-60(51(2,3)4,42-18-11-7-12-19-42)43-20-13-8-14-21-43)31-44-48(45(47)34-57-46)50(56)53(49(44)55)39-25-23-38(24-26-39)52-37-16-9-6-10-17-37/h6-14,16-21,23-28,30,44-46,48,52,54H,5,15,22,29,31-34H2,1-4H3/b35-30+/t44-,45+,46-,48-/m1/s1. The summed E-state index contributed by atoms with van der Waals surface area (Å²) in [5.74, 6) is -0.306. The fourth-order valence-electron chi connectivity index (χ4n) is 9.86. The maximum atomic E-state index is 14.6. The van der Waals surface area contributed by atoms with Crippen molar-refractivity contribution in [1.82, 2.24) is 0 Å². The summed E-state index contributed by atoms with van der Waals surface area (Å²) in [6, 6.07) is 42.4. The fourth-order valence-corrected chi connectivity index (χ4v) is 14.4. The number of imide groups is 1. The van der Waals surface area contributed by atoms with Crippen molar-refractivity contribution in [3.8, 4) is 0 Å². The lowest BCUT2D eigenvalue weighted by atomic mass is 9.69. The van der Waals surface area contributed by atoms with Crippen LogP contribution in [0.15, 0.2) is 149 Å². The molecule has 8 rings (SSSR count). The molecule has 4 atom stereocenters. The van der Waals surface area contributed by atoms with Gasteiger partial charge in [0.25, 0.3) is 8.32 Å². The Morgan fingerprint density at radius 3 is 2.05 bits per heavy atom. The van der Waals surface area contributed by atoms with Gasteiger partial charge < -0.3 is 24.0 Å². The van der Waals surface area contributed by atoms with Gasteiger partial charge in [0.15, 0.2) is 0 Å². The highest BCUT2D eigenvalue weighted by atomic mass is 28.4. The van der Waals surface area contributed by atoms with Gasteiger partial charge in [0, 0.05) is 17.3 Å². The second kappa shape index (κ2) is 17.7. The number of carbonyl (C=O) groups is 2. The summed E-state index contributed by atoms with van der Waals surface area (Å²) in [6.45, 7) is 9.58. The maximum absolute atomic E-state index is 14.6. The SMILES string of the molecule is CCC/C(=C\c1ccc(CO)o1)CC[C@H]1OC[C@H]2C1=C(CO[Si](c1ccccc1)(c1ccccc1)C(C)(C)C)C[C@H]1C(=O)N(c3ccc(Nc4ccccc4)cc3)C(=O)[C@H]12. The summed E-state index contributed by atoms with van der Waals surface area (Å²) in [5.41, 5.74) is 5.87. The average molecular weight is 821 g/mol. The van der Waals surface area contributed by atoms with Crippen LogP contribution in [0.3, 0.4) is 0 Å². The van der Waals surface area contributed by atoms with Crippen LogP contribution >= 0.6 is 0 Å². The highest BCUT2D eigenvalue weighted by Gasteiger charge is 2.58. The minimum Gasteiger partial charge on any atom is -0.459 e. The van der Waals surface area contributed by atoms with E-state index in [-0.39, 0.29) is 35.5 Å². The molecule has 0 spiro atoms. The van der Waals surface area contributed by atoms with E-state index in [1.165, 1.54) is 20.8 Å². The lowest BCUT2D eigenvalue weighted by Crippen LogP contribution is -2.66. The number of furan rings is 1. The Morgan fingerprint density at radius 2 is 1.45 bits per heavy atom. The third-order valence-electron chi connectivity index (χ3n) is 12.6. The van der Waals surface area contributed by atoms with Crippen molar-refractivity contribution < 1.29 is 28.3 Å². The van der Waals surface area contributed by atoms with Gasteiger partial charge in [0.1, 0.15) is 18.1 Å². The first-order valence-electron chi connectivity index (χ1n) is 21.4. The first kappa shape index (κ1) is 41.4. The quantitative estimate of drug-likeness (QED) is 0.0617. The molecule has 5 aromatic rings. The Morgan fingerprint density at radius 1 is 0.817 bits per heavy atom. The van der Waals surface area contributed by atoms with Crippen molar-refractivity contribution >= 4 is 53.6 Å². The van der Waals surface area contributed by atoms with E-state index in [1.807, 2.05) is 72.8 Å². The number of amides is 2. The van der Waals surface area contributed by atoms with Crippen molar-refractivity contribution in [2.45, 2.75) is 77.5 Å². The van der Waals surface area contributed by atoms with Crippen LogP contribution in [0.25, 0.3) is 6.08 Å². The lowest BCUT2D eigenvalue weighted by molar-refractivity contribution is -0.122. The van der Waals surface area contributed by atoms with Crippen molar-refractivity contribution in [2.24, 2.45) is 17.8 Å². The van der Waals surface area contributed by atoms with Gasteiger partial charge in [0.05, 0.1) is 36.8 Å². The Hall–Kier alpha value is -5.32. The van der Waals surface area contributed by atoms with Crippen molar-refractivity contribution in [3.05, 3.63) is 156 Å². The lowest BCUT2D eigenvalue weighted by Gasteiger charge is -2.44. The highest BCUT2D eigenvalue weighted by molar-refractivity contribution is 6.99. The molecule has 1 aliphatic carbocycles. The summed E-state index contributed by atoms with van der Waals surface area (Å²) in [5, 5.41) is 15.1. The Balaban J connectivity index is 1.14. The number of rotatable bonds is 15. The Kier molecular flexibility index (Phi) is 12.2. The average Bonchev–Trinajstić information content (AvgIpc) is 3.97. The molecule has 1 aromatic heterocycles. The largest absolute Gasteiger partial charge is 0.459 e. The van der Waals surface area contributed by atoms with Gasteiger partial charge in [-0.15, -0.1) is 0 Å². The topological polar surface area (TPSA) is 101 Å². The fraction of sp³-hybridized carbons (Fsp3) is 0.333. The molecule has 9 heteroatoms. The zero-order chi connectivity index (χ0) is 41.9. The van der Waals surface area contributed by atoms with E-state index >= 15 is 0 Å². The van der Waals surface area contributed by atoms with Gasteiger partial charge in [-0.1, -0.05) is 119 Å². The number of anilines is 3. The molecule has 60 heavy (non-hydrogen) atoms. The monoisotopic (exact) mass is 820 g/mol. The number of aliphatic hydroxyl groups is 1. The molecule has 0 saturated carbocycles. The summed E-state index contributed by atoms with van der Waals surface area (Å²) in [4.78, 5) is 30.6. The number of allylic oxidation sites excluding steroid dienone is 1. The first-order valence-corrected chi connectivity index (χ1v) is 23.3. The van der Waals surface area contributed by atoms with Crippen LogP contribution in [0.1, 0.15) is 71.3 Å². The molecule has 2 N–H and O–H groups in total. The van der Waals surface area contributed by atoms with Gasteiger partial charge in [-0.2, -0.15) is 0 Å². The number of carbonyl (C=O) groups excluding carboxylic acids is 2. The van der Waals surface area contributed by atoms with E-state index in [4.69, 9.17) is 13.6 Å². The summed E-state index contributed by atoms with van der Waals surface area (Å²) in [7, 11) is -2.94. The van der Waals surface area contributed by atoms with Gasteiger partial charge in [-0.25, -0.2) is 0 Å². The number of hydrogen-bond donors (Lipinski definition) is 2. The summed E-state index contributed by atoms with van der Waals surface area (Å²) in [6.07, 6.45) is 5.70. The molecule has 0 unspecified atom stereocenters. The second-order valence-electron chi connectivity index (χ2n) is 17.4. The molecule has 310 valence electrons. The number of nitrogens with one attached hydrogen (secondary N) is 1. The molecule has 8 nitrogen and oxygen atoms in total. The molecule has 0 radical (unpaired) electrons. The van der Waals surface area contributed by atoms with E-state index in [1.54, 1.807) is 6.07 Å². The third kappa shape index (κ3) is 8.11. The number of fused-ring (bicyclic) bond motifs is 3. The van der Waals surface area contributed by atoms with Gasteiger partial charge >= 0.3 is 0 Å². The first-order chi connectivity index (χ1) is 29.1. The maximum Gasteiger partial charge on any atom is 0.261 e. The van der Waals surface area contributed by atoms with Crippen molar-refractivity contribution in [1.29, 1.82) is 0 Å². The number of aliphatic hydroxyl groups excluding tert-OH is 1. The predicted molar refractivity (Wildman–Crippen MR) is 241 cm³/mol. The van der Waals surface area contributed by atoms with E-state index in [9.17, 15) is 14.7 Å². The van der Waals surface area contributed by atoms with Crippen LogP contribution in [0.5, 0.6) is 0 Å². The van der Waals surface area contributed by atoms with E-state index < -0.39 is 20.2 Å². The molecule has 2 aliphatic heterocycles. The number of para-hydroxylation sites is 1. The van der Waals surface area contributed by atoms with Crippen LogP contribution in [0.4, 0.5) is 17.1 Å². The van der Waals surface area contributed by atoms with Crippen molar-refractivity contribution in [2.75, 3.05) is 23.4 Å². The van der Waals surface area contributed by atoms with Crippen molar-refractivity contribution in [3.63, 3.8) is 0 Å².